The summed E-state index contributed by atoms with van der Waals surface area (Å²) in [6, 6.07) is 0. The summed E-state index contributed by atoms with van der Waals surface area (Å²) in [5, 5.41) is 4.48. The topological polar surface area (TPSA) is 28.2 Å². The van der Waals surface area contributed by atoms with Gasteiger partial charge in [0, 0.05) is 24.5 Å². The van der Waals surface area contributed by atoms with E-state index in [0.717, 1.165) is 19.0 Å². The molecule has 0 unspecified atom stereocenters. The fourth-order valence-corrected chi connectivity index (χ4v) is 3.48. The van der Waals surface area contributed by atoms with Crippen LogP contribution in [0.1, 0.15) is 50.1 Å². The molecule has 3 nitrogen and oxygen atoms in total. The fraction of sp³-hybridized carbons (Fsp3) is 0.786. The third-order valence-electron chi connectivity index (χ3n) is 3.43. The molecule has 1 aromatic rings. The van der Waals surface area contributed by atoms with E-state index in [1.54, 1.807) is 0 Å². The summed E-state index contributed by atoms with van der Waals surface area (Å²) >= 11 is 1.87. The maximum absolute atomic E-state index is 4.88. The van der Waals surface area contributed by atoms with Gasteiger partial charge >= 0.3 is 0 Å². The zero-order valence-corrected chi connectivity index (χ0v) is 12.8. The van der Waals surface area contributed by atoms with Crippen molar-refractivity contribution >= 4 is 16.5 Å². The summed E-state index contributed by atoms with van der Waals surface area (Å²) in [7, 11) is 2.01. The molecule has 1 fully saturated rings. The Balaban J connectivity index is 2.17. The Morgan fingerprint density at radius 1 is 1.44 bits per heavy atom. The van der Waals surface area contributed by atoms with Crippen molar-refractivity contribution in [2.45, 2.75) is 46.1 Å². The van der Waals surface area contributed by atoms with E-state index < -0.39 is 0 Å². The van der Waals surface area contributed by atoms with Gasteiger partial charge in [0.1, 0.15) is 0 Å². The Bertz CT molecular complexity index is 382. The lowest BCUT2D eigenvalue weighted by molar-refractivity contribution is 0.730. The van der Waals surface area contributed by atoms with Crippen molar-refractivity contribution in [3.05, 3.63) is 10.6 Å². The first kappa shape index (κ1) is 13.8. The van der Waals surface area contributed by atoms with Gasteiger partial charge in [-0.15, -0.1) is 11.3 Å². The highest BCUT2D eigenvalue weighted by molar-refractivity contribution is 7.15. The van der Waals surface area contributed by atoms with Crippen LogP contribution in [-0.4, -0.2) is 25.1 Å². The number of hydrogen-bond donors (Lipinski definition) is 1. The fourth-order valence-electron chi connectivity index (χ4n) is 2.18. The van der Waals surface area contributed by atoms with Gasteiger partial charge < -0.3 is 10.2 Å². The minimum Gasteiger partial charge on any atom is -0.348 e. The third-order valence-corrected chi connectivity index (χ3v) is 4.56. The van der Waals surface area contributed by atoms with Crippen LogP contribution < -0.4 is 10.2 Å². The van der Waals surface area contributed by atoms with E-state index in [0.29, 0.717) is 5.92 Å². The Morgan fingerprint density at radius 2 is 2.17 bits per heavy atom. The SMILES string of the molecule is CCN(CC1CC1)c1nc(C(C)C)c(CNC)s1. The van der Waals surface area contributed by atoms with Gasteiger partial charge in [-0.25, -0.2) is 4.98 Å². The van der Waals surface area contributed by atoms with E-state index in [-0.39, 0.29) is 0 Å². The monoisotopic (exact) mass is 267 g/mol. The van der Waals surface area contributed by atoms with Gasteiger partial charge in [0.2, 0.25) is 0 Å². The highest BCUT2D eigenvalue weighted by Gasteiger charge is 2.26. The van der Waals surface area contributed by atoms with Crippen LogP contribution in [0.3, 0.4) is 0 Å². The third kappa shape index (κ3) is 3.23. The van der Waals surface area contributed by atoms with E-state index in [9.17, 15) is 0 Å². The predicted molar refractivity (Wildman–Crippen MR) is 79.6 cm³/mol. The average molecular weight is 267 g/mol. The highest BCUT2D eigenvalue weighted by atomic mass is 32.1. The van der Waals surface area contributed by atoms with Crippen LogP contribution in [0.25, 0.3) is 0 Å². The second-order valence-corrected chi connectivity index (χ2v) is 6.53. The van der Waals surface area contributed by atoms with Crippen LogP contribution in [0.5, 0.6) is 0 Å². The molecular formula is C14H25N3S. The molecule has 1 aliphatic rings. The van der Waals surface area contributed by atoms with E-state index in [2.05, 4.69) is 31.0 Å². The molecule has 0 spiro atoms. The number of thiazole rings is 1. The largest absolute Gasteiger partial charge is 0.348 e. The van der Waals surface area contributed by atoms with Crippen molar-refractivity contribution < 1.29 is 0 Å². The number of rotatable bonds is 7. The first-order chi connectivity index (χ1) is 8.65. The number of aromatic nitrogens is 1. The zero-order valence-electron chi connectivity index (χ0n) is 12.0. The summed E-state index contributed by atoms with van der Waals surface area (Å²) in [6.45, 7) is 9.90. The number of hydrogen-bond acceptors (Lipinski definition) is 4. The predicted octanol–water partition coefficient (Wildman–Crippen LogP) is 3.22. The minimum absolute atomic E-state index is 0.512. The lowest BCUT2D eigenvalue weighted by atomic mass is 10.1. The molecule has 0 aliphatic heterocycles. The average Bonchev–Trinajstić information content (AvgIpc) is 3.06. The smallest absolute Gasteiger partial charge is 0.185 e. The Morgan fingerprint density at radius 3 is 2.67 bits per heavy atom. The van der Waals surface area contributed by atoms with Crippen molar-refractivity contribution in [2.75, 3.05) is 25.0 Å². The van der Waals surface area contributed by atoms with Crippen molar-refractivity contribution in [3.63, 3.8) is 0 Å². The van der Waals surface area contributed by atoms with E-state index >= 15 is 0 Å². The maximum Gasteiger partial charge on any atom is 0.185 e. The highest BCUT2D eigenvalue weighted by Crippen LogP contribution is 2.35. The molecule has 1 N–H and O–H groups in total. The van der Waals surface area contributed by atoms with Crippen LogP contribution in [0.4, 0.5) is 5.13 Å². The summed E-state index contributed by atoms with van der Waals surface area (Å²) in [4.78, 5) is 8.74. The molecule has 0 atom stereocenters. The van der Waals surface area contributed by atoms with Crippen LogP contribution in [0, 0.1) is 5.92 Å². The van der Waals surface area contributed by atoms with Crippen LogP contribution in [-0.2, 0) is 6.54 Å². The molecule has 0 bridgehead atoms. The molecule has 4 heteroatoms. The number of nitrogens with one attached hydrogen (secondary N) is 1. The summed E-state index contributed by atoms with van der Waals surface area (Å²) in [5.41, 5.74) is 1.28. The molecular weight excluding hydrogens is 242 g/mol. The van der Waals surface area contributed by atoms with Gasteiger partial charge in [0.15, 0.2) is 5.13 Å². The van der Waals surface area contributed by atoms with E-state index in [1.807, 2.05) is 18.4 Å². The molecule has 1 saturated carbocycles. The molecule has 1 heterocycles. The normalized spacial score (nSPS) is 15.4. The summed E-state index contributed by atoms with van der Waals surface area (Å²) in [6.07, 6.45) is 2.81. The first-order valence-electron chi connectivity index (χ1n) is 7.04. The molecule has 1 aliphatic carbocycles. The zero-order chi connectivity index (χ0) is 13.1. The van der Waals surface area contributed by atoms with Crippen molar-refractivity contribution in [1.29, 1.82) is 0 Å². The molecule has 2 rings (SSSR count). The summed E-state index contributed by atoms with van der Waals surface area (Å²) in [5.74, 6) is 1.43. The molecule has 0 aromatic carbocycles. The maximum atomic E-state index is 4.88. The number of nitrogens with zero attached hydrogens (tertiary/aromatic N) is 2. The van der Waals surface area contributed by atoms with Gasteiger partial charge in [-0.3, -0.25) is 0 Å². The molecule has 0 amide bonds. The molecule has 0 saturated heterocycles. The molecule has 0 radical (unpaired) electrons. The second-order valence-electron chi connectivity index (χ2n) is 5.47. The van der Waals surface area contributed by atoms with Gasteiger partial charge in [0.25, 0.3) is 0 Å². The summed E-state index contributed by atoms with van der Waals surface area (Å²) < 4.78 is 0. The van der Waals surface area contributed by atoms with Crippen LogP contribution in [0.2, 0.25) is 0 Å². The molecule has 102 valence electrons. The van der Waals surface area contributed by atoms with E-state index in [4.69, 9.17) is 4.98 Å². The quantitative estimate of drug-likeness (QED) is 0.822. The van der Waals surface area contributed by atoms with Gasteiger partial charge in [-0.05, 0) is 38.6 Å². The lowest BCUT2D eigenvalue weighted by Gasteiger charge is -2.19. The molecule has 18 heavy (non-hydrogen) atoms. The van der Waals surface area contributed by atoms with Gasteiger partial charge in [0.05, 0.1) is 5.69 Å². The van der Waals surface area contributed by atoms with Gasteiger partial charge in [-0.1, -0.05) is 13.8 Å². The lowest BCUT2D eigenvalue weighted by Crippen LogP contribution is -2.25. The van der Waals surface area contributed by atoms with Gasteiger partial charge in [-0.2, -0.15) is 0 Å². The molecule has 1 aromatic heterocycles. The van der Waals surface area contributed by atoms with Crippen LogP contribution in [0.15, 0.2) is 0 Å². The Labute approximate surface area is 115 Å². The minimum atomic E-state index is 0.512. The Hall–Kier alpha value is -0.610. The standard InChI is InChI=1S/C14H25N3S/c1-5-17(9-11-6-7-11)14-16-13(10(2)3)12(18-14)8-15-4/h10-11,15H,5-9H2,1-4H3. The van der Waals surface area contributed by atoms with Crippen molar-refractivity contribution in [3.8, 4) is 0 Å². The first-order valence-corrected chi connectivity index (χ1v) is 7.86. The van der Waals surface area contributed by atoms with Crippen LogP contribution >= 0.6 is 11.3 Å². The van der Waals surface area contributed by atoms with Crippen molar-refractivity contribution in [1.82, 2.24) is 10.3 Å². The van der Waals surface area contributed by atoms with E-state index in [1.165, 1.54) is 35.1 Å². The van der Waals surface area contributed by atoms with Crippen molar-refractivity contribution in [2.24, 2.45) is 5.92 Å². The Kier molecular flexibility index (Phi) is 4.62. The second kappa shape index (κ2) is 6.02. The number of anilines is 1.